The van der Waals surface area contributed by atoms with Crippen LogP contribution in [0.25, 0.3) is 15.9 Å². The van der Waals surface area contributed by atoms with Crippen LogP contribution in [0, 0.1) is 6.57 Å². The summed E-state index contributed by atoms with van der Waals surface area (Å²) in [6, 6.07) is 3.68. The van der Waals surface area contributed by atoms with Gasteiger partial charge in [0.15, 0.2) is 0 Å². The van der Waals surface area contributed by atoms with Gasteiger partial charge in [-0.3, -0.25) is 0 Å². The minimum Gasteiger partial charge on any atom is -0.245 e. The van der Waals surface area contributed by atoms with Gasteiger partial charge in [0, 0.05) is 0 Å². The van der Waals surface area contributed by atoms with Crippen molar-refractivity contribution in [2.45, 2.75) is 26.2 Å². The molecule has 4 nitrogen and oxygen atoms in total. The van der Waals surface area contributed by atoms with Crippen molar-refractivity contribution in [2.75, 3.05) is 0 Å². The van der Waals surface area contributed by atoms with Crippen LogP contribution in [0.15, 0.2) is 16.8 Å². The van der Waals surface area contributed by atoms with Gasteiger partial charge < -0.3 is 0 Å². The zero-order valence-corrected chi connectivity index (χ0v) is 8.90. The fourth-order valence-corrected chi connectivity index (χ4v) is 1.55. The van der Waals surface area contributed by atoms with Crippen molar-refractivity contribution >= 4 is 16.7 Å². The summed E-state index contributed by atoms with van der Waals surface area (Å²) in [5.41, 5.74) is 2.75. The monoisotopic (exact) mass is 201 g/mol. The lowest BCUT2D eigenvalue weighted by molar-refractivity contribution is 0.315. The summed E-state index contributed by atoms with van der Waals surface area (Å²) in [5.74, 6) is 0. The van der Waals surface area contributed by atoms with E-state index >= 15 is 0 Å². The van der Waals surface area contributed by atoms with Gasteiger partial charge >= 0.3 is 0 Å². The summed E-state index contributed by atoms with van der Waals surface area (Å²) < 4.78 is 4.70. The van der Waals surface area contributed by atoms with E-state index in [0.29, 0.717) is 16.7 Å². The molecule has 0 aliphatic heterocycles. The number of hydrogen-bond donors (Lipinski definition) is 0. The minimum atomic E-state index is -0.0304. The molecule has 0 fully saturated rings. The Balaban J connectivity index is 2.82. The molecule has 0 N–H and O–H groups in total. The molecule has 1 aromatic carbocycles. The highest BCUT2D eigenvalue weighted by Crippen LogP contribution is 2.32. The second-order valence-electron chi connectivity index (χ2n) is 4.46. The molecule has 0 amide bonds. The Morgan fingerprint density at radius 2 is 1.87 bits per heavy atom. The van der Waals surface area contributed by atoms with Crippen LogP contribution in [-0.4, -0.2) is 10.3 Å². The van der Waals surface area contributed by atoms with E-state index in [9.17, 15) is 0 Å². The molecule has 0 saturated heterocycles. The Kier molecular flexibility index (Phi) is 1.97. The first kappa shape index (κ1) is 9.66. The standard InChI is InChI=1S/C11H11N3O/c1-11(2,3)7-5-6-8(12-4)10-9(7)13-15-14-10/h5-6H,1-3H3. The first-order valence-electron chi connectivity index (χ1n) is 4.67. The highest BCUT2D eigenvalue weighted by atomic mass is 16.6. The van der Waals surface area contributed by atoms with Gasteiger partial charge in [-0.1, -0.05) is 43.2 Å². The topological polar surface area (TPSA) is 43.3 Å². The lowest BCUT2D eigenvalue weighted by Crippen LogP contribution is -2.11. The second-order valence-corrected chi connectivity index (χ2v) is 4.46. The fraction of sp³-hybridized carbons (Fsp3) is 0.364. The van der Waals surface area contributed by atoms with E-state index in [-0.39, 0.29) is 5.41 Å². The van der Waals surface area contributed by atoms with Crippen LogP contribution in [0.5, 0.6) is 0 Å². The summed E-state index contributed by atoms with van der Waals surface area (Å²) in [7, 11) is 0. The van der Waals surface area contributed by atoms with Gasteiger partial charge in [0.2, 0.25) is 5.69 Å². The number of fused-ring (bicyclic) bond motifs is 1. The zero-order valence-electron chi connectivity index (χ0n) is 8.90. The maximum atomic E-state index is 7.01. The molecule has 0 spiro atoms. The smallest absolute Gasteiger partial charge is 0.218 e. The maximum Gasteiger partial charge on any atom is 0.218 e. The molecule has 0 bridgehead atoms. The largest absolute Gasteiger partial charge is 0.245 e. The average molecular weight is 201 g/mol. The average Bonchev–Trinajstić information content (AvgIpc) is 2.62. The van der Waals surface area contributed by atoms with Gasteiger partial charge in [0.25, 0.3) is 0 Å². The van der Waals surface area contributed by atoms with E-state index in [4.69, 9.17) is 11.2 Å². The summed E-state index contributed by atoms with van der Waals surface area (Å²) in [5, 5.41) is 7.63. The van der Waals surface area contributed by atoms with Gasteiger partial charge in [-0.25, -0.2) is 9.47 Å². The van der Waals surface area contributed by atoms with E-state index in [1.807, 2.05) is 6.07 Å². The molecule has 2 aromatic rings. The minimum absolute atomic E-state index is 0.0304. The van der Waals surface area contributed by atoms with E-state index in [1.54, 1.807) is 6.07 Å². The number of benzene rings is 1. The van der Waals surface area contributed by atoms with Gasteiger partial charge in [-0.2, -0.15) is 0 Å². The molecule has 2 rings (SSSR count). The molecular formula is C11H11N3O. The number of hydrogen-bond acceptors (Lipinski definition) is 3. The molecule has 0 saturated carbocycles. The van der Waals surface area contributed by atoms with Crippen LogP contribution in [0.2, 0.25) is 0 Å². The zero-order chi connectivity index (χ0) is 11.1. The van der Waals surface area contributed by atoms with Crippen LogP contribution in [0.1, 0.15) is 26.3 Å². The van der Waals surface area contributed by atoms with Crippen LogP contribution >= 0.6 is 0 Å². The van der Waals surface area contributed by atoms with Crippen LogP contribution < -0.4 is 0 Å². The van der Waals surface area contributed by atoms with E-state index < -0.39 is 0 Å². The Bertz CT molecular complexity index is 543. The van der Waals surface area contributed by atoms with Crippen LogP contribution in [-0.2, 0) is 5.41 Å². The Morgan fingerprint density at radius 3 is 2.47 bits per heavy atom. The highest BCUT2D eigenvalue weighted by molar-refractivity contribution is 5.90. The summed E-state index contributed by atoms with van der Waals surface area (Å²) in [4.78, 5) is 3.38. The Hall–Kier alpha value is -1.89. The van der Waals surface area contributed by atoms with Crippen molar-refractivity contribution in [2.24, 2.45) is 0 Å². The molecule has 76 valence electrons. The van der Waals surface area contributed by atoms with Crippen molar-refractivity contribution in [3.05, 3.63) is 29.1 Å². The summed E-state index contributed by atoms with van der Waals surface area (Å²) in [6.45, 7) is 13.3. The SMILES string of the molecule is [C-]#[N+]c1ccc(C(C)(C)C)c2nonc12. The third-order valence-electron chi connectivity index (χ3n) is 2.32. The molecule has 1 heterocycles. The van der Waals surface area contributed by atoms with Gasteiger partial charge in [0.1, 0.15) is 11.0 Å². The molecule has 4 heteroatoms. The molecule has 0 unspecified atom stereocenters. The van der Waals surface area contributed by atoms with E-state index in [1.165, 1.54) is 0 Å². The summed E-state index contributed by atoms with van der Waals surface area (Å²) in [6.07, 6.45) is 0. The van der Waals surface area contributed by atoms with Crippen molar-refractivity contribution in [1.82, 2.24) is 10.3 Å². The van der Waals surface area contributed by atoms with Gasteiger partial charge in [0.05, 0.1) is 6.57 Å². The molecule has 0 aliphatic rings. The van der Waals surface area contributed by atoms with E-state index in [2.05, 4.69) is 35.9 Å². The predicted octanol–water partition coefficient (Wildman–Crippen LogP) is 3.07. The summed E-state index contributed by atoms with van der Waals surface area (Å²) >= 11 is 0. The quantitative estimate of drug-likeness (QED) is 0.615. The van der Waals surface area contributed by atoms with Crippen molar-refractivity contribution in [1.29, 1.82) is 0 Å². The molecular weight excluding hydrogens is 190 g/mol. The third-order valence-corrected chi connectivity index (χ3v) is 2.32. The lowest BCUT2D eigenvalue weighted by Gasteiger charge is -2.18. The number of rotatable bonds is 0. The lowest BCUT2D eigenvalue weighted by atomic mass is 9.86. The number of aromatic nitrogens is 2. The second kappa shape index (κ2) is 3.06. The number of nitrogens with zero attached hydrogens (tertiary/aromatic N) is 3. The molecule has 0 aliphatic carbocycles. The van der Waals surface area contributed by atoms with Gasteiger partial charge in [-0.15, -0.1) is 0 Å². The van der Waals surface area contributed by atoms with Crippen molar-refractivity contribution in [3.63, 3.8) is 0 Å². The van der Waals surface area contributed by atoms with Crippen molar-refractivity contribution < 1.29 is 4.63 Å². The fourth-order valence-electron chi connectivity index (χ4n) is 1.55. The van der Waals surface area contributed by atoms with E-state index in [0.717, 1.165) is 5.56 Å². The molecule has 0 atom stereocenters. The maximum absolute atomic E-state index is 7.01. The van der Waals surface area contributed by atoms with Gasteiger partial charge in [-0.05, 0) is 11.0 Å². The first-order chi connectivity index (χ1) is 7.04. The highest BCUT2D eigenvalue weighted by Gasteiger charge is 2.21. The third kappa shape index (κ3) is 1.46. The van der Waals surface area contributed by atoms with Crippen molar-refractivity contribution in [3.8, 4) is 0 Å². The molecule has 1 aromatic heterocycles. The first-order valence-corrected chi connectivity index (χ1v) is 4.67. The van der Waals surface area contributed by atoms with Crippen LogP contribution in [0.4, 0.5) is 5.69 Å². The Morgan fingerprint density at radius 1 is 1.20 bits per heavy atom. The Labute approximate surface area is 87.7 Å². The normalized spacial score (nSPS) is 11.6. The molecule has 15 heavy (non-hydrogen) atoms. The van der Waals surface area contributed by atoms with Crippen LogP contribution in [0.3, 0.4) is 0 Å². The predicted molar refractivity (Wildman–Crippen MR) is 56.8 cm³/mol. The molecule has 0 radical (unpaired) electrons.